The fourth-order valence-corrected chi connectivity index (χ4v) is 2.88. The number of ketones is 1. The van der Waals surface area contributed by atoms with Gasteiger partial charge >= 0.3 is 0 Å². The van der Waals surface area contributed by atoms with Crippen LogP contribution >= 0.6 is 0 Å². The summed E-state index contributed by atoms with van der Waals surface area (Å²) in [6, 6.07) is -0.709. The normalized spacial score (nSPS) is 21.9. The first kappa shape index (κ1) is 18.6. The minimum absolute atomic E-state index is 0.192. The highest BCUT2D eigenvalue weighted by atomic mass is 32.2. The third-order valence-electron chi connectivity index (χ3n) is 3.55. The Bertz CT molecular complexity index is 546. The van der Waals surface area contributed by atoms with Gasteiger partial charge in [-0.25, -0.2) is 8.42 Å². The molecule has 0 aromatic rings. The van der Waals surface area contributed by atoms with E-state index >= 15 is 0 Å². The Morgan fingerprint density at radius 1 is 1.50 bits per heavy atom. The third kappa shape index (κ3) is 5.72. The van der Waals surface area contributed by atoms with Crippen molar-refractivity contribution in [3.05, 3.63) is 6.42 Å². The van der Waals surface area contributed by atoms with E-state index in [9.17, 15) is 22.8 Å². The lowest BCUT2D eigenvalue weighted by Gasteiger charge is -2.17. The van der Waals surface area contributed by atoms with Crippen LogP contribution in [-0.4, -0.2) is 55.7 Å². The second kappa shape index (κ2) is 7.68. The number of sulfonamides is 1. The van der Waals surface area contributed by atoms with E-state index in [0.29, 0.717) is 12.8 Å². The van der Waals surface area contributed by atoms with Gasteiger partial charge < -0.3 is 11.1 Å². The number of amides is 2. The van der Waals surface area contributed by atoms with Crippen LogP contribution in [0.4, 0.5) is 0 Å². The van der Waals surface area contributed by atoms with Gasteiger partial charge in [0.2, 0.25) is 21.8 Å². The van der Waals surface area contributed by atoms with Gasteiger partial charge in [0.1, 0.15) is 0 Å². The Morgan fingerprint density at radius 2 is 2.14 bits per heavy atom. The number of hydrogen-bond acceptors (Lipinski definition) is 5. The number of nitrogens with one attached hydrogen (secondary N) is 1. The van der Waals surface area contributed by atoms with Crippen LogP contribution in [-0.2, 0) is 24.4 Å². The van der Waals surface area contributed by atoms with Crippen LogP contribution in [0.3, 0.4) is 0 Å². The molecule has 0 aromatic heterocycles. The van der Waals surface area contributed by atoms with Crippen LogP contribution in [0.1, 0.15) is 26.2 Å². The summed E-state index contributed by atoms with van der Waals surface area (Å²) in [5.74, 6) is -1.76. The molecule has 0 spiro atoms. The van der Waals surface area contributed by atoms with Gasteiger partial charge in [0, 0.05) is 12.5 Å². The molecule has 1 rings (SSSR count). The molecule has 1 radical (unpaired) electrons. The maximum Gasteiger partial charge on any atom is 0.224 e. The Hall–Kier alpha value is -1.48. The summed E-state index contributed by atoms with van der Waals surface area (Å²) in [6.07, 6.45) is 3.40. The van der Waals surface area contributed by atoms with Crippen LogP contribution in [0.15, 0.2) is 0 Å². The highest BCUT2D eigenvalue weighted by Gasteiger charge is 2.29. The van der Waals surface area contributed by atoms with Crippen molar-refractivity contribution in [1.29, 1.82) is 0 Å². The van der Waals surface area contributed by atoms with Gasteiger partial charge in [-0.05, 0) is 19.3 Å². The van der Waals surface area contributed by atoms with Gasteiger partial charge in [-0.15, -0.1) is 0 Å². The van der Waals surface area contributed by atoms with Crippen molar-refractivity contribution >= 4 is 27.6 Å². The highest BCUT2D eigenvalue weighted by molar-refractivity contribution is 7.88. The molecule has 22 heavy (non-hydrogen) atoms. The number of Topliss-reactive ketones (excluding diaryl/α,β-unsaturated/α-hetero) is 1. The lowest BCUT2D eigenvalue weighted by molar-refractivity contribution is -0.126. The van der Waals surface area contributed by atoms with Crippen LogP contribution < -0.4 is 11.1 Å². The minimum Gasteiger partial charge on any atom is -0.369 e. The van der Waals surface area contributed by atoms with Crippen LogP contribution in [0.25, 0.3) is 0 Å². The second-order valence-electron chi connectivity index (χ2n) is 5.51. The summed E-state index contributed by atoms with van der Waals surface area (Å²) in [5.41, 5.74) is 5.10. The first-order chi connectivity index (χ1) is 10.1. The summed E-state index contributed by atoms with van der Waals surface area (Å²) in [5, 5.41) is 2.56. The van der Waals surface area contributed by atoms with Gasteiger partial charge in [0.05, 0.1) is 25.3 Å². The number of nitrogens with zero attached hydrogens (tertiary/aromatic N) is 1. The molecule has 2 atom stereocenters. The van der Waals surface area contributed by atoms with Gasteiger partial charge in [0.15, 0.2) is 5.78 Å². The maximum absolute atomic E-state index is 12.0. The van der Waals surface area contributed by atoms with Gasteiger partial charge in [-0.2, -0.15) is 4.31 Å². The molecule has 0 aromatic carbocycles. The summed E-state index contributed by atoms with van der Waals surface area (Å²) < 4.78 is 24.1. The molecule has 1 unspecified atom stereocenters. The smallest absolute Gasteiger partial charge is 0.224 e. The third-order valence-corrected chi connectivity index (χ3v) is 4.80. The van der Waals surface area contributed by atoms with E-state index in [1.54, 1.807) is 6.92 Å². The number of carbonyl (C=O) groups excluding carboxylic acids is 3. The topological polar surface area (TPSA) is 127 Å². The Morgan fingerprint density at radius 3 is 2.68 bits per heavy atom. The predicted molar refractivity (Wildman–Crippen MR) is 79.9 cm³/mol. The molecule has 9 heteroatoms. The van der Waals surface area contributed by atoms with E-state index in [1.165, 1.54) is 6.42 Å². The Balaban J connectivity index is 2.54. The molecule has 0 aliphatic carbocycles. The molecule has 1 fully saturated rings. The summed E-state index contributed by atoms with van der Waals surface area (Å²) in [7, 11) is -3.42. The zero-order valence-corrected chi connectivity index (χ0v) is 13.6. The van der Waals surface area contributed by atoms with E-state index in [4.69, 9.17) is 5.73 Å². The van der Waals surface area contributed by atoms with Crippen molar-refractivity contribution in [3.8, 4) is 0 Å². The molecule has 1 saturated heterocycles. The van der Waals surface area contributed by atoms with Crippen LogP contribution in [0.5, 0.6) is 0 Å². The monoisotopic (exact) mass is 332 g/mol. The summed E-state index contributed by atoms with van der Waals surface area (Å²) in [4.78, 5) is 34.7. The number of nitrogens with two attached hydrogens (primary N) is 1. The molecule has 1 heterocycles. The lowest BCUT2D eigenvalue weighted by atomic mass is 10.0. The second-order valence-corrected chi connectivity index (χ2v) is 7.49. The molecule has 2 amide bonds. The Kier molecular flexibility index (Phi) is 6.48. The van der Waals surface area contributed by atoms with Gasteiger partial charge in [-0.3, -0.25) is 14.4 Å². The predicted octanol–water partition coefficient (Wildman–Crippen LogP) is -1.19. The number of hydrogen-bond donors (Lipinski definition) is 2. The van der Waals surface area contributed by atoms with Crippen molar-refractivity contribution in [2.45, 2.75) is 32.2 Å². The van der Waals surface area contributed by atoms with Crippen molar-refractivity contribution < 1.29 is 22.8 Å². The van der Waals surface area contributed by atoms with E-state index in [2.05, 4.69) is 5.32 Å². The molecule has 1 aliphatic rings. The fourth-order valence-electron chi connectivity index (χ4n) is 2.06. The van der Waals surface area contributed by atoms with E-state index in [1.807, 2.05) is 0 Å². The molecule has 8 nitrogen and oxygen atoms in total. The van der Waals surface area contributed by atoms with Crippen molar-refractivity contribution in [1.82, 2.24) is 9.62 Å². The van der Waals surface area contributed by atoms with E-state index in [-0.39, 0.29) is 25.3 Å². The molecule has 0 saturated carbocycles. The van der Waals surface area contributed by atoms with Crippen molar-refractivity contribution in [2.24, 2.45) is 11.7 Å². The van der Waals surface area contributed by atoms with Crippen molar-refractivity contribution in [2.75, 3.05) is 19.3 Å². The van der Waals surface area contributed by atoms with Crippen LogP contribution in [0.2, 0.25) is 0 Å². The number of carbonyl (C=O) groups is 3. The average Bonchev–Trinajstić information content (AvgIpc) is 2.58. The number of rotatable bonds is 6. The van der Waals surface area contributed by atoms with Crippen molar-refractivity contribution in [3.63, 3.8) is 0 Å². The summed E-state index contributed by atoms with van der Waals surface area (Å²) in [6.45, 7) is 1.63. The first-order valence-electron chi connectivity index (χ1n) is 7.02. The quantitative estimate of drug-likeness (QED) is 0.632. The van der Waals surface area contributed by atoms with E-state index in [0.717, 1.165) is 10.6 Å². The molecular formula is C13H22N3O5S. The average molecular weight is 332 g/mol. The van der Waals surface area contributed by atoms with E-state index < -0.39 is 33.8 Å². The fraction of sp³-hybridized carbons (Fsp3) is 0.692. The zero-order valence-electron chi connectivity index (χ0n) is 12.7. The first-order valence-corrected chi connectivity index (χ1v) is 8.87. The maximum atomic E-state index is 12.0. The minimum atomic E-state index is -3.42. The molecular weight excluding hydrogens is 310 g/mol. The van der Waals surface area contributed by atoms with Gasteiger partial charge in [-0.1, -0.05) is 6.92 Å². The molecule has 1 aliphatic heterocycles. The Labute approximate surface area is 130 Å². The highest BCUT2D eigenvalue weighted by Crippen LogP contribution is 2.12. The molecule has 125 valence electrons. The summed E-state index contributed by atoms with van der Waals surface area (Å²) >= 11 is 0. The largest absolute Gasteiger partial charge is 0.369 e. The zero-order chi connectivity index (χ0) is 16.9. The molecule has 0 bridgehead atoms. The van der Waals surface area contributed by atoms with Crippen LogP contribution in [0, 0.1) is 12.3 Å². The molecule has 3 N–H and O–H groups in total. The lowest BCUT2D eigenvalue weighted by Crippen LogP contribution is -2.44. The SMILES string of the molecule is CC(C[CH]C(=O)N[C@H]1CCCN(S(C)(=O)=O)CC1=O)C(N)=O. The standard InChI is InChI=1S/C13H22N3O5S/c1-9(13(14)19)5-6-12(18)15-10-4-3-7-16(8-11(10)17)22(2,20)21/h6,9-10H,3-5,7-8H2,1-2H3,(H2,14,19)(H,15,18)/t9?,10-/m0/s1. The van der Waals surface area contributed by atoms with Gasteiger partial charge in [0.25, 0.3) is 0 Å². The number of primary amides is 1.